The maximum atomic E-state index is 12.6. The molecule has 1 heterocycles. The molecule has 7 nitrogen and oxygen atoms in total. The highest BCUT2D eigenvalue weighted by Crippen LogP contribution is 2.14. The van der Waals surface area contributed by atoms with Crippen molar-refractivity contribution in [2.24, 2.45) is 0 Å². The first kappa shape index (κ1) is 24.2. The fourth-order valence-corrected chi connectivity index (χ4v) is 2.89. The van der Waals surface area contributed by atoms with Crippen molar-refractivity contribution in [1.82, 2.24) is 15.2 Å². The van der Waals surface area contributed by atoms with E-state index in [9.17, 15) is 9.59 Å². The lowest BCUT2D eigenvalue weighted by atomic mass is 10.1. The van der Waals surface area contributed by atoms with Crippen molar-refractivity contribution in [3.8, 4) is 5.75 Å². The molecule has 1 N–H and O–H groups in total. The second kappa shape index (κ2) is 11.9. The van der Waals surface area contributed by atoms with Crippen molar-refractivity contribution in [1.29, 1.82) is 0 Å². The summed E-state index contributed by atoms with van der Waals surface area (Å²) in [6.07, 6.45) is 3.97. The molecule has 1 aromatic heterocycles. The molecular formula is C24H33N3O4. The minimum atomic E-state index is -0.573. The van der Waals surface area contributed by atoms with Crippen LogP contribution in [0.5, 0.6) is 5.75 Å². The van der Waals surface area contributed by atoms with Crippen LogP contribution in [0.15, 0.2) is 48.8 Å². The van der Waals surface area contributed by atoms with E-state index in [1.807, 2.05) is 64.1 Å². The Morgan fingerprint density at radius 2 is 1.84 bits per heavy atom. The minimum Gasteiger partial charge on any atom is -0.494 e. The number of ether oxygens (including phenoxy) is 2. The summed E-state index contributed by atoms with van der Waals surface area (Å²) in [5, 5.41) is 2.92. The number of hydrogen-bond acceptors (Lipinski definition) is 5. The summed E-state index contributed by atoms with van der Waals surface area (Å²) in [4.78, 5) is 30.6. The van der Waals surface area contributed by atoms with E-state index < -0.39 is 5.60 Å². The monoisotopic (exact) mass is 427 g/mol. The molecule has 0 atom stereocenters. The molecule has 7 heteroatoms. The Labute approximate surface area is 184 Å². The number of rotatable bonds is 10. The first-order valence-corrected chi connectivity index (χ1v) is 10.6. The zero-order chi connectivity index (χ0) is 22.7. The van der Waals surface area contributed by atoms with Gasteiger partial charge in [0.15, 0.2) is 0 Å². The lowest BCUT2D eigenvalue weighted by molar-refractivity contribution is -0.120. The van der Waals surface area contributed by atoms with E-state index in [4.69, 9.17) is 9.47 Å². The molecule has 0 unspecified atom stereocenters. The van der Waals surface area contributed by atoms with Gasteiger partial charge in [-0.3, -0.25) is 9.78 Å². The standard InChI is InChI=1S/C24H33N3O4/c1-5-30-21-11-9-19(10-12-21)16-22(28)26-14-7-15-27(23(29)31-24(2,3)4)18-20-8-6-13-25-17-20/h6,8-13,17H,5,7,14-16,18H2,1-4H3,(H,26,28). The Hall–Kier alpha value is -3.09. The van der Waals surface area contributed by atoms with Crippen LogP contribution in [0.4, 0.5) is 4.79 Å². The van der Waals surface area contributed by atoms with Crippen LogP contribution in [-0.4, -0.2) is 47.2 Å². The number of pyridine rings is 1. The molecule has 168 valence electrons. The molecule has 0 aliphatic heterocycles. The zero-order valence-electron chi connectivity index (χ0n) is 18.9. The summed E-state index contributed by atoms with van der Waals surface area (Å²) in [5.74, 6) is 0.739. The summed E-state index contributed by atoms with van der Waals surface area (Å²) >= 11 is 0. The molecule has 2 aromatic rings. The molecular weight excluding hydrogens is 394 g/mol. The predicted molar refractivity (Wildman–Crippen MR) is 120 cm³/mol. The van der Waals surface area contributed by atoms with E-state index in [2.05, 4.69) is 10.3 Å². The third-order valence-electron chi connectivity index (χ3n) is 4.27. The van der Waals surface area contributed by atoms with Gasteiger partial charge in [0.1, 0.15) is 11.4 Å². The third kappa shape index (κ3) is 9.51. The van der Waals surface area contributed by atoms with Crippen LogP contribution in [0.1, 0.15) is 45.2 Å². The average Bonchev–Trinajstić information content (AvgIpc) is 2.71. The van der Waals surface area contributed by atoms with Crippen molar-refractivity contribution in [3.63, 3.8) is 0 Å². The highest BCUT2D eigenvalue weighted by atomic mass is 16.6. The van der Waals surface area contributed by atoms with E-state index in [0.717, 1.165) is 16.9 Å². The normalized spacial score (nSPS) is 11.0. The van der Waals surface area contributed by atoms with E-state index in [0.29, 0.717) is 39.1 Å². The second-order valence-corrected chi connectivity index (χ2v) is 8.22. The van der Waals surface area contributed by atoms with Gasteiger partial charge in [0.05, 0.1) is 19.6 Å². The predicted octanol–water partition coefficient (Wildman–Crippen LogP) is 3.97. The third-order valence-corrected chi connectivity index (χ3v) is 4.27. The number of carbonyl (C=O) groups is 2. The van der Waals surface area contributed by atoms with Crippen molar-refractivity contribution in [3.05, 3.63) is 59.9 Å². The molecule has 2 rings (SSSR count). The van der Waals surface area contributed by atoms with Gasteiger partial charge in [0.2, 0.25) is 5.91 Å². The van der Waals surface area contributed by atoms with Gasteiger partial charge >= 0.3 is 6.09 Å². The number of nitrogens with one attached hydrogen (secondary N) is 1. The van der Waals surface area contributed by atoms with E-state index in [1.54, 1.807) is 17.3 Å². The van der Waals surface area contributed by atoms with Crippen molar-refractivity contribution in [2.75, 3.05) is 19.7 Å². The fraction of sp³-hybridized carbons (Fsp3) is 0.458. The van der Waals surface area contributed by atoms with Gasteiger partial charge in [-0.2, -0.15) is 0 Å². The quantitative estimate of drug-likeness (QED) is 0.581. The topological polar surface area (TPSA) is 80.8 Å². The zero-order valence-corrected chi connectivity index (χ0v) is 18.9. The SMILES string of the molecule is CCOc1ccc(CC(=O)NCCCN(Cc2cccnc2)C(=O)OC(C)(C)C)cc1. The summed E-state index contributed by atoms with van der Waals surface area (Å²) in [6.45, 7) is 9.41. The lowest BCUT2D eigenvalue weighted by Crippen LogP contribution is -2.38. The summed E-state index contributed by atoms with van der Waals surface area (Å²) < 4.78 is 10.9. The van der Waals surface area contributed by atoms with Crippen LogP contribution in [0, 0.1) is 0 Å². The first-order chi connectivity index (χ1) is 14.8. The second-order valence-electron chi connectivity index (χ2n) is 8.22. The summed E-state index contributed by atoms with van der Waals surface area (Å²) in [7, 11) is 0. The van der Waals surface area contributed by atoms with Crippen LogP contribution in [0.3, 0.4) is 0 Å². The van der Waals surface area contributed by atoms with Gasteiger partial charge in [-0.1, -0.05) is 18.2 Å². The van der Waals surface area contributed by atoms with E-state index >= 15 is 0 Å². The van der Waals surface area contributed by atoms with Gasteiger partial charge in [0.25, 0.3) is 0 Å². The smallest absolute Gasteiger partial charge is 0.410 e. The molecule has 1 aromatic carbocycles. The molecule has 0 saturated carbocycles. The molecule has 2 amide bonds. The first-order valence-electron chi connectivity index (χ1n) is 10.6. The number of hydrogen-bond donors (Lipinski definition) is 1. The van der Waals surface area contributed by atoms with Gasteiger partial charge < -0.3 is 19.7 Å². The van der Waals surface area contributed by atoms with Crippen molar-refractivity contribution in [2.45, 2.75) is 52.7 Å². The molecule has 0 radical (unpaired) electrons. The summed E-state index contributed by atoms with van der Waals surface area (Å²) in [5.41, 5.74) is 1.27. The molecule has 0 fully saturated rings. The lowest BCUT2D eigenvalue weighted by Gasteiger charge is -2.27. The maximum Gasteiger partial charge on any atom is 0.410 e. The van der Waals surface area contributed by atoms with Crippen LogP contribution < -0.4 is 10.1 Å². The van der Waals surface area contributed by atoms with Gasteiger partial charge in [-0.15, -0.1) is 0 Å². The van der Waals surface area contributed by atoms with Crippen LogP contribution in [0.25, 0.3) is 0 Å². The van der Waals surface area contributed by atoms with Crippen molar-refractivity contribution < 1.29 is 19.1 Å². The van der Waals surface area contributed by atoms with E-state index in [-0.39, 0.29) is 12.0 Å². The van der Waals surface area contributed by atoms with Crippen molar-refractivity contribution >= 4 is 12.0 Å². The number of amides is 2. The Morgan fingerprint density at radius 3 is 2.45 bits per heavy atom. The Balaban J connectivity index is 1.82. The highest BCUT2D eigenvalue weighted by molar-refractivity contribution is 5.78. The van der Waals surface area contributed by atoms with Crippen LogP contribution >= 0.6 is 0 Å². The van der Waals surface area contributed by atoms with E-state index in [1.165, 1.54) is 0 Å². The summed E-state index contributed by atoms with van der Waals surface area (Å²) in [6, 6.07) is 11.3. The molecule has 0 aliphatic rings. The molecule has 0 saturated heterocycles. The van der Waals surface area contributed by atoms with Gasteiger partial charge in [-0.05, 0) is 63.4 Å². The maximum absolute atomic E-state index is 12.6. The number of aromatic nitrogens is 1. The Morgan fingerprint density at radius 1 is 1.10 bits per heavy atom. The molecule has 0 spiro atoms. The number of carbonyl (C=O) groups excluding carboxylic acids is 2. The molecule has 0 aliphatic carbocycles. The number of nitrogens with zero attached hydrogens (tertiary/aromatic N) is 2. The molecule has 0 bridgehead atoms. The van der Waals surface area contributed by atoms with Gasteiger partial charge in [-0.25, -0.2) is 4.79 Å². The average molecular weight is 428 g/mol. The van der Waals surface area contributed by atoms with Gasteiger partial charge in [0, 0.05) is 25.5 Å². The molecule has 31 heavy (non-hydrogen) atoms. The highest BCUT2D eigenvalue weighted by Gasteiger charge is 2.22. The Bertz CT molecular complexity index is 817. The minimum absolute atomic E-state index is 0.0553. The largest absolute Gasteiger partial charge is 0.494 e. The number of benzene rings is 1. The fourth-order valence-electron chi connectivity index (χ4n) is 2.89. The van der Waals surface area contributed by atoms with Crippen LogP contribution in [-0.2, 0) is 22.5 Å². The Kier molecular flexibility index (Phi) is 9.31. The van der Waals surface area contributed by atoms with Crippen LogP contribution in [0.2, 0.25) is 0 Å².